The molecule has 1 aromatic rings. The molecule has 5 aliphatic carbocycles. The van der Waals surface area contributed by atoms with Gasteiger partial charge in [-0.05, 0) is 67.9 Å². The maximum absolute atomic E-state index is 13.7. The van der Waals surface area contributed by atoms with E-state index in [1.165, 1.54) is 19.3 Å². The van der Waals surface area contributed by atoms with Crippen molar-refractivity contribution in [3.05, 3.63) is 30.1 Å². The van der Waals surface area contributed by atoms with Crippen molar-refractivity contribution < 1.29 is 4.79 Å². The largest absolute Gasteiger partial charge is 0.299 e. The molecule has 0 spiro atoms. The molecule has 0 aromatic carbocycles. The molecule has 0 N–H and O–H groups in total. The summed E-state index contributed by atoms with van der Waals surface area (Å²) in [5.74, 6) is 1.49. The van der Waals surface area contributed by atoms with Gasteiger partial charge in [-0.2, -0.15) is 10.5 Å². The predicted molar refractivity (Wildman–Crippen MR) is 89.7 cm³/mol. The minimum Gasteiger partial charge on any atom is -0.299 e. The van der Waals surface area contributed by atoms with Crippen molar-refractivity contribution in [1.29, 1.82) is 10.5 Å². The van der Waals surface area contributed by atoms with Crippen LogP contribution in [0.15, 0.2) is 24.5 Å². The van der Waals surface area contributed by atoms with Crippen LogP contribution in [-0.4, -0.2) is 10.8 Å². The second-order valence-electron chi connectivity index (χ2n) is 8.90. The Morgan fingerprint density at radius 3 is 2.16 bits per heavy atom. The van der Waals surface area contributed by atoms with Gasteiger partial charge in [0.2, 0.25) is 0 Å². The molecule has 0 amide bonds. The van der Waals surface area contributed by atoms with Crippen molar-refractivity contribution in [3.63, 3.8) is 0 Å². The third-order valence-corrected chi connectivity index (χ3v) is 7.46. The van der Waals surface area contributed by atoms with E-state index >= 15 is 0 Å². The lowest BCUT2D eigenvalue weighted by Gasteiger charge is -2.56. The van der Waals surface area contributed by atoms with E-state index in [0.717, 1.165) is 24.8 Å². The van der Waals surface area contributed by atoms with Crippen LogP contribution in [0.1, 0.15) is 50.0 Å². The highest BCUT2D eigenvalue weighted by molar-refractivity contribution is 5.94. The lowest BCUT2D eigenvalue weighted by Crippen LogP contribution is -2.50. The zero-order valence-corrected chi connectivity index (χ0v) is 14.2. The Kier molecular flexibility index (Phi) is 2.97. The molecule has 6 rings (SSSR count). The van der Waals surface area contributed by atoms with E-state index in [1.807, 2.05) is 12.1 Å². The van der Waals surface area contributed by atoms with E-state index in [9.17, 15) is 15.3 Å². The molecular formula is C21H21N3O. The molecule has 2 atom stereocenters. The van der Waals surface area contributed by atoms with Crippen LogP contribution >= 0.6 is 0 Å². The van der Waals surface area contributed by atoms with Crippen LogP contribution < -0.4 is 0 Å². The fraction of sp³-hybridized carbons (Fsp3) is 0.619. The highest BCUT2D eigenvalue weighted by atomic mass is 16.1. The summed E-state index contributed by atoms with van der Waals surface area (Å²) >= 11 is 0. The minimum absolute atomic E-state index is 0.212. The maximum Gasteiger partial charge on any atom is 0.161 e. The van der Waals surface area contributed by atoms with E-state index in [2.05, 4.69) is 17.1 Å². The summed E-state index contributed by atoms with van der Waals surface area (Å²) in [5.41, 5.74) is -0.590. The van der Waals surface area contributed by atoms with Crippen LogP contribution in [0.3, 0.4) is 0 Å². The van der Waals surface area contributed by atoms with Gasteiger partial charge in [-0.3, -0.25) is 9.78 Å². The van der Waals surface area contributed by atoms with Gasteiger partial charge in [0, 0.05) is 23.7 Å². The molecule has 0 radical (unpaired) electrons. The van der Waals surface area contributed by atoms with Gasteiger partial charge < -0.3 is 0 Å². The molecular weight excluding hydrogens is 310 g/mol. The van der Waals surface area contributed by atoms with Gasteiger partial charge in [-0.15, -0.1) is 0 Å². The summed E-state index contributed by atoms with van der Waals surface area (Å²) in [6.45, 7) is 0. The van der Waals surface area contributed by atoms with E-state index in [1.54, 1.807) is 12.4 Å². The van der Waals surface area contributed by atoms with Crippen LogP contribution in [-0.2, 0) is 4.79 Å². The Hall–Kier alpha value is -2.20. The van der Waals surface area contributed by atoms with Crippen molar-refractivity contribution in [1.82, 2.24) is 4.98 Å². The fourth-order valence-corrected chi connectivity index (χ4v) is 6.81. The van der Waals surface area contributed by atoms with Gasteiger partial charge in [0.1, 0.15) is 5.78 Å². The summed E-state index contributed by atoms with van der Waals surface area (Å²) in [5, 5.41) is 19.5. The van der Waals surface area contributed by atoms with Crippen molar-refractivity contribution in [2.75, 3.05) is 0 Å². The van der Waals surface area contributed by atoms with Crippen LogP contribution in [0, 0.1) is 57.2 Å². The molecule has 4 nitrogen and oxygen atoms in total. The number of pyridine rings is 1. The lowest BCUT2D eigenvalue weighted by molar-refractivity contribution is -0.145. The van der Waals surface area contributed by atoms with Crippen LogP contribution in [0.4, 0.5) is 0 Å². The molecule has 0 saturated heterocycles. The molecule has 5 fully saturated rings. The summed E-state index contributed by atoms with van der Waals surface area (Å²) in [4.78, 5) is 17.8. The topological polar surface area (TPSA) is 77.5 Å². The highest BCUT2D eigenvalue weighted by Gasteiger charge is 2.73. The maximum atomic E-state index is 13.7. The zero-order chi connectivity index (χ0) is 17.2. The average Bonchev–Trinajstić information content (AvgIpc) is 3.30. The number of aromatic nitrogens is 1. The molecule has 5 saturated carbocycles. The predicted octanol–water partition coefficient (Wildman–Crippen LogP) is 3.61. The number of hydrogen-bond donors (Lipinski definition) is 0. The monoisotopic (exact) mass is 331 g/mol. The quantitative estimate of drug-likeness (QED) is 0.847. The number of nitriles is 2. The van der Waals surface area contributed by atoms with Crippen LogP contribution in [0.2, 0.25) is 0 Å². The second-order valence-corrected chi connectivity index (χ2v) is 8.90. The molecule has 4 heteroatoms. The van der Waals surface area contributed by atoms with Gasteiger partial charge in [-0.1, -0.05) is 6.07 Å². The lowest BCUT2D eigenvalue weighted by atomic mass is 9.48. The fourth-order valence-electron chi connectivity index (χ4n) is 6.81. The molecule has 126 valence electrons. The van der Waals surface area contributed by atoms with Crippen LogP contribution in [0.5, 0.6) is 0 Å². The Morgan fingerprint density at radius 1 is 1.08 bits per heavy atom. The summed E-state index contributed by atoms with van der Waals surface area (Å²) in [6.07, 6.45) is 10.2. The van der Waals surface area contributed by atoms with Crippen LogP contribution in [0.25, 0.3) is 0 Å². The van der Waals surface area contributed by atoms with Gasteiger partial charge >= 0.3 is 0 Å². The van der Waals surface area contributed by atoms with Gasteiger partial charge in [-0.25, -0.2) is 0 Å². The van der Waals surface area contributed by atoms with E-state index in [-0.39, 0.29) is 17.1 Å². The zero-order valence-electron chi connectivity index (χ0n) is 14.2. The summed E-state index contributed by atoms with van der Waals surface area (Å²) in [7, 11) is 0. The first-order valence-corrected chi connectivity index (χ1v) is 9.38. The molecule has 1 aromatic heterocycles. The van der Waals surface area contributed by atoms with Gasteiger partial charge in [0.25, 0.3) is 0 Å². The molecule has 25 heavy (non-hydrogen) atoms. The Bertz CT molecular complexity index is 766. The molecule has 0 aliphatic heterocycles. The minimum atomic E-state index is -1.19. The number of ketones is 1. The Labute approximate surface area is 147 Å². The number of carbonyl (C=O) groups excluding carboxylic acids is 1. The molecule has 0 unspecified atom stereocenters. The normalized spacial score (nSPS) is 42.4. The van der Waals surface area contributed by atoms with E-state index in [0.29, 0.717) is 17.8 Å². The number of nitrogens with zero attached hydrogens (tertiary/aromatic N) is 3. The average molecular weight is 331 g/mol. The van der Waals surface area contributed by atoms with Crippen molar-refractivity contribution >= 4 is 5.78 Å². The van der Waals surface area contributed by atoms with Gasteiger partial charge in [0.05, 0.1) is 18.1 Å². The summed E-state index contributed by atoms with van der Waals surface area (Å²) in [6, 6.07) is 8.12. The first kappa shape index (κ1) is 15.1. The van der Waals surface area contributed by atoms with Crippen molar-refractivity contribution in [2.45, 2.75) is 44.4 Å². The number of carbonyl (C=O) groups is 1. The third-order valence-electron chi connectivity index (χ3n) is 7.46. The SMILES string of the molecule is N#CC1(C#N)[C@@H](C(=O)C23CC4CC(CC(C4)C2)C3)[C@@H]1c1cccnc1. The van der Waals surface area contributed by atoms with E-state index < -0.39 is 11.3 Å². The summed E-state index contributed by atoms with van der Waals surface area (Å²) < 4.78 is 0. The molecule has 5 aliphatic rings. The second kappa shape index (κ2) is 4.92. The Balaban J connectivity index is 1.51. The highest BCUT2D eigenvalue weighted by Crippen LogP contribution is 2.70. The van der Waals surface area contributed by atoms with Gasteiger partial charge in [0.15, 0.2) is 5.41 Å². The number of Topliss-reactive ketones (excluding diaryl/α,β-unsaturated/α-hetero) is 1. The Morgan fingerprint density at radius 2 is 1.68 bits per heavy atom. The van der Waals surface area contributed by atoms with Crippen molar-refractivity contribution in [3.8, 4) is 12.1 Å². The van der Waals surface area contributed by atoms with E-state index in [4.69, 9.17) is 0 Å². The standard InChI is InChI=1S/C21H21N3O/c22-11-21(12-23)17(16-2-1-3-24-10-16)18(21)19(25)20-7-13-4-14(8-20)6-15(5-13)9-20/h1-3,10,13-15,17-18H,4-9H2/t13?,14?,15?,17-,18+,20?/m0/s1. The smallest absolute Gasteiger partial charge is 0.161 e. The number of rotatable bonds is 3. The first-order chi connectivity index (χ1) is 12.1. The molecule has 1 heterocycles. The number of hydrogen-bond acceptors (Lipinski definition) is 4. The first-order valence-electron chi connectivity index (χ1n) is 9.38. The third kappa shape index (κ3) is 1.92. The molecule has 4 bridgehead atoms. The van der Waals surface area contributed by atoms with Crippen molar-refractivity contribution in [2.24, 2.45) is 34.5 Å².